The minimum atomic E-state index is -0.330. The van der Waals surface area contributed by atoms with Gasteiger partial charge in [0.2, 0.25) is 0 Å². The third kappa shape index (κ3) is 2.51. The topological polar surface area (TPSA) is 38.3 Å². The van der Waals surface area contributed by atoms with Crippen LogP contribution in [0.4, 0.5) is 4.79 Å². The first kappa shape index (κ1) is 11.6. The van der Waals surface area contributed by atoms with Gasteiger partial charge in [0, 0.05) is 3.57 Å². The summed E-state index contributed by atoms with van der Waals surface area (Å²) in [6, 6.07) is 8.04. The average Bonchev–Trinajstić information content (AvgIpc) is 2.52. The van der Waals surface area contributed by atoms with Crippen LogP contribution >= 0.6 is 35.0 Å². The van der Waals surface area contributed by atoms with Gasteiger partial charge in [0.05, 0.1) is 6.04 Å². The largest absolute Gasteiger partial charge is 0.447 e. The number of carbonyl (C=O) groups excluding carboxylic acids is 1. The second kappa shape index (κ2) is 4.84. The zero-order chi connectivity index (χ0) is 9.26. The van der Waals surface area contributed by atoms with Gasteiger partial charge in [-0.2, -0.15) is 0 Å². The van der Waals surface area contributed by atoms with E-state index in [0.717, 1.165) is 9.13 Å². The normalized spacial score (nSPS) is 19.5. The van der Waals surface area contributed by atoms with Crippen molar-refractivity contribution in [3.05, 3.63) is 33.4 Å². The molecule has 0 radical (unpaired) electrons. The van der Waals surface area contributed by atoms with Crippen LogP contribution in [0.2, 0.25) is 0 Å². The number of ether oxygens (including phenoxy) is 1. The fraction of sp³-hybridized carbons (Fsp3) is 0.222. The van der Waals surface area contributed by atoms with Crippen LogP contribution < -0.4 is 5.32 Å². The van der Waals surface area contributed by atoms with E-state index in [1.165, 1.54) is 0 Å². The molecule has 1 atom stereocenters. The first-order valence-electron chi connectivity index (χ1n) is 3.94. The Morgan fingerprint density at radius 3 is 2.86 bits per heavy atom. The van der Waals surface area contributed by atoms with Crippen molar-refractivity contribution in [3.63, 3.8) is 0 Å². The molecule has 0 spiro atoms. The molecule has 1 saturated heterocycles. The van der Waals surface area contributed by atoms with Gasteiger partial charge in [0.1, 0.15) is 6.61 Å². The van der Waals surface area contributed by atoms with Gasteiger partial charge in [-0.1, -0.05) is 12.1 Å². The number of halogens is 2. The summed E-state index contributed by atoms with van der Waals surface area (Å²) in [5, 5.41) is 2.73. The summed E-state index contributed by atoms with van der Waals surface area (Å²) in [5.74, 6) is 0. The zero-order valence-electron chi connectivity index (χ0n) is 7.20. The number of hydrogen-bond acceptors (Lipinski definition) is 2. The molecule has 1 aliphatic heterocycles. The Bertz CT molecular complexity index is 345. The molecule has 1 N–H and O–H groups in total. The molecule has 3 nitrogen and oxygen atoms in total. The quantitative estimate of drug-likeness (QED) is 0.806. The molecule has 1 heterocycles. The molecule has 1 aromatic carbocycles. The van der Waals surface area contributed by atoms with Crippen LogP contribution in [0.5, 0.6) is 0 Å². The SMILES string of the molecule is Cl.O=C1N[C@@H](c2cccc(I)c2)CO1. The highest BCUT2D eigenvalue weighted by atomic mass is 127. The van der Waals surface area contributed by atoms with Crippen molar-refractivity contribution in [3.8, 4) is 0 Å². The Kier molecular flexibility index (Phi) is 4.00. The minimum Gasteiger partial charge on any atom is -0.447 e. The van der Waals surface area contributed by atoms with Gasteiger partial charge < -0.3 is 10.1 Å². The van der Waals surface area contributed by atoms with Gasteiger partial charge in [0.25, 0.3) is 0 Å². The summed E-state index contributed by atoms with van der Waals surface area (Å²) in [5.41, 5.74) is 1.10. The molecule has 1 aromatic rings. The molecule has 0 bridgehead atoms. The van der Waals surface area contributed by atoms with Gasteiger partial charge in [-0.25, -0.2) is 4.79 Å². The molecule has 0 unspecified atom stereocenters. The molecular formula is C9H9ClINO2. The number of rotatable bonds is 1. The second-order valence-electron chi connectivity index (χ2n) is 2.85. The highest BCUT2D eigenvalue weighted by Crippen LogP contribution is 2.19. The maximum Gasteiger partial charge on any atom is 0.407 e. The molecule has 2 rings (SSSR count). The fourth-order valence-corrected chi connectivity index (χ4v) is 1.85. The molecule has 5 heteroatoms. The van der Waals surface area contributed by atoms with Crippen LogP contribution in [-0.2, 0) is 4.74 Å². The molecule has 1 aliphatic rings. The maximum absolute atomic E-state index is 10.8. The Morgan fingerprint density at radius 2 is 2.29 bits per heavy atom. The molecule has 1 fully saturated rings. The van der Waals surface area contributed by atoms with Crippen molar-refractivity contribution in [1.82, 2.24) is 5.32 Å². The molecule has 1 amide bonds. The maximum atomic E-state index is 10.8. The summed E-state index contributed by atoms with van der Waals surface area (Å²) >= 11 is 2.24. The number of nitrogens with one attached hydrogen (secondary N) is 1. The van der Waals surface area contributed by atoms with Gasteiger partial charge in [0.15, 0.2) is 0 Å². The number of carbonyl (C=O) groups is 1. The minimum absolute atomic E-state index is 0. The molecule has 0 aromatic heterocycles. The monoisotopic (exact) mass is 325 g/mol. The lowest BCUT2D eigenvalue weighted by Gasteiger charge is -2.06. The summed E-state index contributed by atoms with van der Waals surface area (Å²) in [4.78, 5) is 10.8. The third-order valence-electron chi connectivity index (χ3n) is 1.92. The average molecular weight is 326 g/mol. The van der Waals surface area contributed by atoms with Crippen molar-refractivity contribution in [2.24, 2.45) is 0 Å². The van der Waals surface area contributed by atoms with Crippen LogP contribution in [0, 0.1) is 3.57 Å². The Balaban J connectivity index is 0.000000980. The van der Waals surface area contributed by atoms with Gasteiger partial charge >= 0.3 is 6.09 Å². The zero-order valence-corrected chi connectivity index (χ0v) is 10.2. The van der Waals surface area contributed by atoms with E-state index in [1.54, 1.807) is 0 Å². The van der Waals surface area contributed by atoms with Crippen LogP contribution in [0.1, 0.15) is 11.6 Å². The van der Waals surface area contributed by atoms with E-state index in [-0.39, 0.29) is 24.5 Å². The van der Waals surface area contributed by atoms with Crippen molar-refractivity contribution in [2.45, 2.75) is 6.04 Å². The summed E-state index contributed by atoms with van der Waals surface area (Å²) in [6.45, 7) is 0.429. The van der Waals surface area contributed by atoms with E-state index in [9.17, 15) is 4.79 Å². The number of amides is 1. The molecule has 0 saturated carbocycles. The third-order valence-corrected chi connectivity index (χ3v) is 2.60. The van der Waals surface area contributed by atoms with E-state index >= 15 is 0 Å². The first-order valence-corrected chi connectivity index (χ1v) is 5.02. The Labute approximate surface area is 102 Å². The van der Waals surface area contributed by atoms with E-state index in [4.69, 9.17) is 4.74 Å². The fourth-order valence-electron chi connectivity index (χ4n) is 1.29. The smallest absolute Gasteiger partial charge is 0.407 e. The van der Waals surface area contributed by atoms with Crippen molar-refractivity contribution >= 4 is 41.1 Å². The van der Waals surface area contributed by atoms with Crippen LogP contribution in [0.15, 0.2) is 24.3 Å². The number of alkyl carbamates (subject to hydrolysis) is 1. The number of cyclic esters (lactones) is 1. The Morgan fingerprint density at radius 1 is 1.50 bits per heavy atom. The first-order chi connectivity index (χ1) is 6.25. The lowest BCUT2D eigenvalue weighted by molar-refractivity contribution is 0.177. The van der Waals surface area contributed by atoms with E-state index in [1.807, 2.05) is 24.3 Å². The predicted molar refractivity (Wildman–Crippen MR) is 63.6 cm³/mol. The lowest BCUT2D eigenvalue weighted by atomic mass is 10.1. The van der Waals surface area contributed by atoms with Crippen molar-refractivity contribution < 1.29 is 9.53 Å². The van der Waals surface area contributed by atoms with E-state index in [0.29, 0.717) is 6.61 Å². The second-order valence-corrected chi connectivity index (χ2v) is 4.10. The molecular weight excluding hydrogens is 316 g/mol. The van der Waals surface area contributed by atoms with E-state index < -0.39 is 0 Å². The molecule has 76 valence electrons. The van der Waals surface area contributed by atoms with Gasteiger partial charge in [-0.3, -0.25) is 0 Å². The highest BCUT2D eigenvalue weighted by Gasteiger charge is 2.23. The van der Waals surface area contributed by atoms with Gasteiger partial charge in [-0.05, 0) is 40.3 Å². The Hall–Kier alpha value is -0.490. The van der Waals surface area contributed by atoms with Crippen molar-refractivity contribution in [1.29, 1.82) is 0 Å². The number of hydrogen-bond donors (Lipinski definition) is 1. The molecule has 0 aliphatic carbocycles. The summed E-state index contributed by atoms with van der Waals surface area (Å²) in [6.07, 6.45) is -0.330. The summed E-state index contributed by atoms with van der Waals surface area (Å²) in [7, 11) is 0. The van der Waals surface area contributed by atoms with Crippen LogP contribution in [0.3, 0.4) is 0 Å². The van der Waals surface area contributed by atoms with Crippen LogP contribution in [-0.4, -0.2) is 12.7 Å². The van der Waals surface area contributed by atoms with Crippen LogP contribution in [0.25, 0.3) is 0 Å². The van der Waals surface area contributed by atoms with Crippen molar-refractivity contribution in [2.75, 3.05) is 6.61 Å². The highest BCUT2D eigenvalue weighted by molar-refractivity contribution is 14.1. The predicted octanol–water partition coefficient (Wildman–Crippen LogP) is 2.49. The van der Waals surface area contributed by atoms with Gasteiger partial charge in [-0.15, -0.1) is 12.4 Å². The molecule has 14 heavy (non-hydrogen) atoms. The van der Waals surface area contributed by atoms with E-state index in [2.05, 4.69) is 27.9 Å². The summed E-state index contributed by atoms with van der Waals surface area (Å²) < 4.78 is 5.97. The standard InChI is InChI=1S/C9H8INO2.ClH/c10-7-3-1-2-6(4-7)8-5-13-9(12)11-8;/h1-4,8H,5H2,(H,11,12);1H/t8-;/m1./s1. The lowest BCUT2D eigenvalue weighted by Crippen LogP contribution is -2.18. The number of benzene rings is 1.